The van der Waals surface area contributed by atoms with Gasteiger partial charge in [0.15, 0.2) is 13.2 Å². The van der Waals surface area contributed by atoms with Crippen LogP contribution >= 0.6 is 11.6 Å². The molecule has 0 bridgehead atoms. The van der Waals surface area contributed by atoms with Gasteiger partial charge in [0.05, 0.1) is 0 Å². The van der Waals surface area contributed by atoms with E-state index in [0.717, 1.165) is 16.7 Å². The van der Waals surface area contributed by atoms with E-state index in [0.29, 0.717) is 16.5 Å². The van der Waals surface area contributed by atoms with Gasteiger partial charge >= 0.3 is 0 Å². The molecule has 30 heavy (non-hydrogen) atoms. The summed E-state index contributed by atoms with van der Waals surface area (Å²) in [6, 6.07) is 22.2. The smallest absolute Gasteiger partial charge is 0.276 e. The predicted molar refractivity (Wildman–Crippen MR) is 115 cm³/mol. The lowest BCUT2D eigenvalue weighted by molar-refractivity contribution is -0.131. The summed E-state index contributed by atoms with van der Waals surface area (Å²) in [7, 11) is 0. The average molecular weight is 425 g/mol. The molecule has 0 radical (unpaired) electrons. The third-order valence-corrected chi connectivity index (χ3v) is 4.60. The van der Waals surface area contributed by atoms with Crippen LogP contribution in [0.3, 0.4) is 0 Å². The summed E-state index contributed by atoms with van der Waals surface area (Å²) in [5.41, 5.74) is 7.30. The molecule has 2 amide bonds. The van der Waals surface area contributed by atoms with Crippen LogP contribution in [0.5, 0.6) is 11.5 Å². The number of halogens is 1. The minimum Gasteiger partial charge on any atom is -0.484 e. The van der Waals surface area contributed by atoms with Crippen molar-refractivity contribution in [1.29, 1.82) is 0 Å². The monoisotopic (exact) mass is 424 g/mol. The molecule has 0 saturated heterocycles. The average Bonchev–Trinajstić information content (AvgIpc) is 2.78. The van der Waals surface area contributed by atoms with Gasteiger partial charge in [0, 0.05) is 10.6 Å². The maximum Gasteiger partial charge on any atom is 0.276 e. The van der Waals surface area contributed by atoms with Gasteiger partial charge in [0.2, 0.25) is 0 Å². The maximum atomic E-state index is 12.0. The van der Waals surface area contributed by atoms with Crippen LogP contribution in [0, 0.1) is 6.92 Å². The summed E-state index contributed by atoms with van der Waals surface area (Å²) < 4.78 is 11.0. The van der Waals surface area contributed by atoms with E-state index in [4.69, 9.17) is 21.1 Å². The third kappa shape index (κ3) is 5.99. The standard InChI is InChI=1S/C23H21ClN2O4/c1-16-13-18(11-12-20(16)24)29-14-22(27)25-26-23(28)15-30-21-10-6-5-9-19(21)17-7-3-2-4-8-17/h2-13H,14-15H2,1H3,(H,25,27)(H,26,28). The highest BCUT2D eigenvalue weighted by Crippen LogP contribution is 2.29. The topological polar surface area (TPSA) is 76.7 Å². The van der Waals surface area contributed by atoms with Gasteiger partial charge in [-0.05, 0) is 42.3 Å². The SMILES string of the molecule is Cc1cc(OCC(=O)NNC(=O)COc2ccccc2-c2ccccc2)ccc1Cl. The molecule has 0 spiro atoms. The van der Waals surface area contributed by atoms with E-state index < -0.39 is 11.8 Å². The second-order valence-electron chi connectivity index (χ2n) is 6.45. The molecule has 0 atom stereocenters. The van der Waals surface area contributed by atoms with Crippen LogP contribution in [-0.2, 0) is 9.59 Å². The number of hydrogen-bond donors (Lipinski definition) is 2. The van der Waals surface area contributed by atoms with Crippen molar-refractivity contribution >= 4 is 23.4 Å². The lowest BCUT2D eigenvalue weighted by Gasteiger charge is -2.12. The number of ether oxygens (including phenoxy) is 2. The Hall–Kier alpha value is -3.51. The van der Waals surface area contributed by atoms with Crippen LogP contribution in [0.1, 0.15) is 5.56 Å². The van der Waals surface area contributed by atoms with Gasteiger partial charge < -0.3 is 9.47 Å². The largest absolute Gasteiger partial charge is 0.484 e. The van der Waals surface area contributed by atoms with Crippen LogP contribution in [-0.4, -0.2) is 25.0 Å². The number of nitrogens with one attached hydrogen (secondary N) is 2. The highest BCUT2D eigenvalue weighted by atomic mass is 35.5. The lowest BCUT2D eigenvalue weighted by atomic mass is 10.1. The maximum absolute atomic E-state index is 12.0. The quantitative estimate of drug-likeness (QED) is 0.563. The molecule has 3 rings (SSSR count). The molecular formula is C23H21ClN2O4. The van der Waals surface area contributed by atoms with Crippen molar-refractivity contribution in [1.82, 2.24) is 10.9 Å². The molecule has 0 unspecified atom stereocenters. The zero-order chi connectivity index (χ0) is 21.3. The highest BCUT2D eigenvalue weighted by molar-refractivity contribution is 6.31. The minimum absolute atomic E-state index is 0.249. The second kappa shape index (κ2) is 10.3. The fraction of sp³-hybridized carbons (Fsp3) is 0.130. The highest BCUT2D eigenvalue weighted by Gasteiger charge is 2.10. The number of para-hydroxylation sites is 1. The molecule has 2 N–H and O–H groups in total. The summed E-state index contributed by atoms with van der Waals surface area (Å²) >= 11 is 5.95. The predicted octanol–water partition coefficient (Wildman–Crippen LogP) is 3.92. The van der Waals surface area contributed by atoms with Gasteiger partial charge in [-0.1, -0.05) is 60.1 Å². The van der Waals surface area contributed by atoms with Crippen LogP contribution in [0.25, 0.3) is 11.1 Å². The number of aryl methyl sites for hydroxylation is 1. The fourth-order valence-corrected chi connectivity index (χ4v) is 2.78. The van der Waals surface area contributed by atoms with E-state index in [2.05, 4.69) is 10.9 Å². The van der Waals surface area contributed by atoms with Crippen molar-refractivity contribution < 1.29 is 19.1 Å². The first kappa shape index (κ1) is 21.2. The molecule has 6 nitrogen and oxygen atoms in total. The molecule has 0 aliphatic carbocycles. The number of hydrazine groups is 1. The van der Waals surface area contributed by atoms with Gasteiger partial charge in [-0.25, -0.2) is 0 Å². The number of hydrogen-bond acceptors (Lipinski definition) is 4. The van der Waals surface area contributed by atoms with E-state index in [1.165, 1.54) is 0 Å². The first-order valence-electron chi connectivity index (χ1n) is 9.27. The van der Waals surface area contributed by atoms with Crippen LogP contribution < -0.4 is 20.3 Å². The number of rotatable bonds is 7. The van der Waals surface area contributed by atoms with Crippen LogP contribution in [0.4, 0.5) is 0 Å². The Morgan fingerprint density at radius 1 is 0.833 bits per heavy atom. The second-order valence-corrected chi connectivity index (χ2v) is 6.85. The van der Waals surface area contributed by atoms with E-state index in [1.807, 2.05) is 55.5 Å². The van der Waals surface area contributed by atoms with Gasteiger partial charge in [0.25, 0.3) is 11.8 Å². The Bertz CT molecular complexity index is 1020. The molecule has 0 aliphatic rings. The number of carbonyl (C=O) groups is 2. The first-order valence-corrected chi connectivity index (χ1v) is 9.64. The fourth-order valence-electron chi connectivity index (χ4n) is 2.66. The van der Waals surface area contributed by atoms with Crippen molar-refractivity contribution in [2.24, 2.45) is 0 Å². The van der Waals surface area contributed by atoms with Gasteiger partial charge in [-0.15, -0.1) is 0 Å². The number of amides is 2. The summed E-state index contributed by atoms with van der Waals surface area (Å²) in [6.45, 7) is 1.34. The molecule has 0 fully saturated rings. The molecule has 154 valence electrons. The Morgan fingerprint density at radius 3 is 2.17 bits per heavy atom. The van der Waals surface area contributed by atoms with Gasteiger partial charge in [-0.3, -0.25) is 20.4 Å². The number of benzene rings is 3. The Kier molecular flexibility index (Phi) is 7.29. The van der Waals surface area contributed by atoms with Crippen molar-refractivity contribution in [2.45, 2.75) is 6.92 Å². The van der Waals surface area contributed by atoms with Gasteiger partial charge in [0.1, 0.15) is 11.5 Å². The molecular weight excluding hydrogens is 404 g/mol. The van der Waals surface area contributed by atoms with Crippen LogP contribution in [0.15, 0.2) is 72.8 Å². The summed E-state index contributed by atoms with van der Waals surface area (Å²) in [5, 5.41) is 0.618. The summed E-state index contributed by atoms with van der Waals surface area (Å²) in [4.78, 5) is 23.9. The Morgan fingerprint density at radius 2 is 1.47 bits per heavy atom. The minimum atomic E-state index is -0.499. The lowest BCUT2D eigenvalue weighted by Crippen LogP contribution is -2.45. The Labute approximate surface area is 179 Å². The Balaban J connectivity index is 1.45. The van der Waals surface area contributed by atoms with E-state index in [-0.39, 0.29) is 13.2 Å². The summed E-state index contributed by atoms with van der Waals surface area (Å²) in [6.07, 6.45) is 0. The zero-order valence-electron chi connectivity index (χ0n) is 16.4. The van der Waals surface area contributed by atoms with Crippen LogP contribution in [0.2, 0.25) is 5.02 Å². The molecule has 0 aromatic heterocycles. The van der Waals surface area contributed by atoms with E-state index >= 15 is 0 Å². The molecule has 3 aromatic carbocycles. The van der Waals surface area contributed by atoms with E-state index in [9.17, 15) is 9.59 Å². The molecule has 0 heterocycles. The van der Waals surface area contributed by atoms with Crippen molar-refractivity contribution in [3.8, 4) is 22.6 Å². The molecule has 7 heteroatoms. The van der Waals surface area contributed by atoms with Crippen molar-refractivity contribution in [3.05, 3.63) is 83.4 Å². The van der Waals surface area contributed by atoms with Crippen molar-refractivity contribution in [3.63, 3.8) is 0 Å². The zero-order valence-corrected chi connectivity index (χ0v) is 17.1. The molecule has 0 aliphatic heterocycles. The van der Waals surface area contributed by atoms with E-state index in [1.54, 1.807) is 24.3 Å². The summed E-state index contributed by atoms with van der Waals surface area (Å²) in [5.74, 6) is 0.0973. The first-order chi connectivity index (χ1) is 14.5. The third-order valence-electron chi connectivity index (χ3n) is 4.17. The molecule has 3 aromatic rings. The molecule has 0 saturated carbocycles. The normalized spacial score (nSPS) is 10.2. The van der Waals surface area contributed by atoms with Crippen molar-refractivity contribution in [2.75, 3.05) is 13.2 Å². The van der Waals surface area contributed by atoms with Gasteiger partial charge in [-0.2, -0.15) is 0 Å². The number of carbonyl (C=O) groups excluding carboxylic acids is 2.